The van der Waals surface area contributed by atoms with Crippen LogP contribution in [0.3, 0.4) is 0 Å². The third-order valence-corrected chi connectivity index (χ3v) is 6.59. The third-order valence-electron chi connectivity index (χ3n) is 4.77. The summed E-state index contributed by atoms with van der Waals surface area (Å²) in [5, 5.41) is 15.3. The normalized spacial score (nSPS) is 11.2. The minimum Gasteiger partial charge on any atom is -0.378 e. The molecule has 3 aromatic carbocycles. The Balaban J connectivity index is 1.83. The van der Waals surface area contributed by atoms with Gasteiger partial charge in [0.05, 0.1) is 16.8 Å². The Morgan fingerprint density at radius 3 is 2.21 bits per heavy atom. The zero-order valence-corrected chi connectivity index (χ0v) is 19.3. The molecule has 0 aromatic heterocycles. The summed E-state index contributed by atoms with van der Waals surface area (Å²) in [6.07, 6.45) is 1.43. The number of nitro benzene ring substituents is 1. The molecule has 0 radical (unpaired) electrons. The largest absolute Gasteiger partial charge is 0.378 e. The lowest BCUT2D eigenvalue weighted by Crippen LogP contribution is -2.39. The number of sulfonamides is 1. The molecule has 0 saturated carbocycles. The molecule has 0 saturated heterocycles. The number of nitro groups is 1. The second kappa shape index (κ2) is 10.6. The fourth-order valence-electron chi connectivity index (χ4n) is 3.06. The highest BCUT2D eigenvalue weighted by Gasteiger charge is 2.33. The summed E-state index contributed by atoms with van der Waals surface area (Å²) in [7, 11) is -0.608. The molecule has 3 aromatic rings. The average Bonchev–Trinajstić information content (AvgIpc) is 2.83. The molecule has 0 atom stereocenters. The number of para-hydroxylation sites is 2. The third kappa shape index (κ3) is 5.75. The highest BCUT2D eigenvalue weighted by Crippen LogP contribution is 2.29. The van der Waals surface area contributed by atoms with Gasteiger partial charge in [0.25, 0.3) is 21.6 Å². The maximum absolute atomic E-state index is 13.4. The van der Waals surface area contributed by atoms with Crippen LogP contribution >= 0.6 is 0 Å². The predicted octanol–water partition coefficient (Wildman–Crippen LogP) is 3.01. The van der Waals surface area contributed by atoms with E-state index in [4.69, 9.17) is 0 Å². The zero-order chi connectivity index (χ0) is 24.7. The number of anilines is 2. The minimum absolute atomic E-state index is 0.180. The Morgan fingerprint density at radius 1 is 0.971 bits per heavy atom. The van der Waals surface area contributed by atoms with Crippen LogP contribution in [0, 0.1) is 10.1 Å². The van der Waals surface area contributed by atoms with Crippen LogP contribution in [0.15, 0.2) is 88.9 Å². The van der Waals surface area contributed by atoms with Crippen LogP contribution in [0.2, 0.25) is 0 Å². The Kier molecular flexibility index (Phi) is 7.59. The number of nitrogens with one attached hydrogen (secondary N) is 1. The van der Waals surface area contributed by atoms with Crippen LogP contribution in [-0.2, 0) is 14.8 Å². The molecule has 0 spiro atoms. The Morgan fingerprint density at radius 2 is 1.59 bits per heavy atom. The van der Waals surface area contributed by atoms with Crippen molar-refractivity contribution in [1.29, 1.82) is 0 Å². The lowest BCUT2D eigenvalue weighted by Gasteiger charge is -2.23. The molecule has 3 rings (SSSR count). The molecule has 176 valence electrons. The van der Waals surface area contributed by atoms with Gasteiger partial charge < -0.3 is 4.90 Å². The minimum atomic E-state index is -4.44. The summed E-state index contributed by atoms with van der Waals surface area (Å²) in [5.41, 5.74) is 3.64. The molecule has 1 N–H and O–H groups in total. The monoisotopic (exact) mass is 481 g/mol. The van der Waals surface area contributed by atoms with E-state index in [9.17, 15) is 23.3 Å². The lowest BCUT2D eigenvalue weighted by atomic mass is 10.2. The van der Waals surface area contributed by atoms with Gasteiger partial charge in [-0.05, 0) is 35.9 Å². The molecule has 10 nitrogen and oxygen atoms in total. The van der Waals surface area contributed by atoms with E-state index in [-0.39, 0.29) is 5.69 Å². The first kappa shape index (κ1) is 24.4. The number of carbonyl (C=O) groups excluding carboxylic acids is 1. The quantitative estimate of drug-likeness (QED) is 0.285. The molecule has 1 amide bonds. The molecule has 34 heavy (non-hydrogen) atoms. The van der Waals surface area contributed by atoms with Gasteiger partial charge in [-0.3, -0.25) is 19.2 Å². The van der Waals surface area contributed by atoms with Crippen molar-refractivity contribution in [2.45, 2.75) is 4.90 Å². The number of amides is 1. The number of carbonyl (C=O) groups is 1. The van der Waals surface area contributed by atoms with Gasteiger partial charge in [-0.15, -0.1) is 0 Å². The first-order valence-electron chi connectivity index (χ1n) is 10.1. The van der Waals surface area contributed by atoms with Crippen LogP contribution in [-0.4, -0.2) is 46.1 Å². The first-order valence-corrected chi connectivity index (χ1v) is 11.5. The Bertz CT molecular complexity index is 1290. The van der Waals surface area contributed by atoms with Gasteiger partial charge in [0.2, 0.25) is 0 Å². The van der Waals surface area contributed by atoms with E-state index in [1.54, 1.807) is 18.2 Å². The molecular formula is C23H23N5O5S. The van der Waals surface area contributed by atoms with Crippen molar-refractivity contribution in [3.63, 3.8) is 0 Å². The lowest BCUT2D eigenvalue weighted by molar-refractivity contribution is -0.387. The van der Waals surface area contributed by atoms with Crippen LogP contribution in [0.25, 0.3) is 0 Å². The number of hydrazone groups is 1. The van der Waals surface area contributed by atoms with E-state index < -0.39 is 38.0 Å². The van der Waals surface area contributed by atoms with E-state index in [1.165, 1.54) is 30.5 Å². The molecular weight excluding hydrogens is 458 g/mol. The first-order chi connectivity index (χ1) is 16.2. The van der Waals surface area contributed by atoms with Crippen molar-refractivity contribution in [2.75, 3.05) is 29.8 Å². The number of nitrogens with zero attached hydrogens (tertiary/aromatic N) is 4. The summed E-state index contributed by atoms with van der Waals surface area (Å²) < 4.78 is 27.6. The van der Waals surface area contributed by atoms with E-state index in [0.717, 1.165) is 27.7 Å². The van der Waals surface area contributed by atoms with Gasteiger partial charge >= 0.3 is 0 Å². The highest BCUT2D eigenvalue weighted by atomic mass is 32.2. The SMILES string of the molecule is CN(C)c1ccc(/C=N/NC(=O)CN(c2ccccc2)S(=O)(=O)c2ccccc2[N+](=O)[O-])cc1. The number of hydrogen-bond donors (Lipinski definition) is 1. The smallest absolute Gasteiger partial charge is 0.289 e. The van der Waals surface area contributed by atoms with Crippen molar-refractivity contribution < 1.29 is 18.1 Å². The van der Waals surface area contributed by atoms with E-state index in [0.29, 0.717) is 0 Å². The van der Waals surface area contributed by atoms with Crippen molar-refractivity contribution in [3.8, 4) is 0 Å². The fraction of sp³-hybridized carbons (Fsp3) is 0.130. The number of hydrogen-bond acceptors (Lipinski definition) is 7. The van der Waals surface area contributed by atoms with Gasteiger partial charge in [-0.25, -0.2) is 13.8 Å². The Labute approximate surface area is 197 Å². The summed E-state index contributed by atoms with van der Waals surface area (Å²) in [5.74, 6) is -0.716. The maximum atomic E-state index is 13.4. The molecule has 0 aliphatic heterocycles. The molecule has 0 aliphatic rings. The summed E-state index contributed by atoms with van der Waals surface area (Å²) in [6.45, 7) is -0.630. The second-order valence-corrected chi connectivity index (χ2v) is 9.18. The Hall–Kier alpha value is -4.25. The zero-order valence-electron chi connectivity index (χ0n) is 18.5. The standard InChI is InChI=1S/C23H23N5O5S/c1-26(2)19-14-12-18(13-15-19)16-24-25-23(29)17-27(20-8-4-3-5-9-20)34(32,33)22-11-7-6-10-21(22)28(30)31/h3-16H,17H2,1-2H3,(H,25,29)/b24-16+. The van der Waals surface area contributed by atoms with Gasteiger partial charge in [0.1, 0.15) is 6.54 Å². The summed E-state index contributed by atoms with van der Waals surface area (Å²) in [6, 6.07) is 20.3. The van der Waals surface area contributed by atoms with Crippen LogP contribution in [0.5, 0.6) is 0 Å². The van der Waals surface area contributed by atoms with E-state index in [1.807, 2.05) is 43.3 Å². The number of benzene rings is 3. The summed E-state index contributed by atoms with van der Waals surface area (Å²) >= 11 is 0. The van der Waals surface area contributed by atoms with Gasteiger partial charge in [0.15, 0.2) is 4.90 Å². The van der Waals surface area contributed by atoms with Gasteiger partial charge in [-0.2, -0.15) is 5.10 Å². The maximum Gasteiger partial charge on any atom is 0.289 e. The van der Waals surface area contributed by atoms with Gasteiger partial charge in [-0.1, -0.05) is 42.5 Å². The average molecular weight is 482 g/mol. The molecule has 11 heteroatoms. The number of rotatable bonds is 9. The topological polar surface area (TPSA) is 125 Å². The van der Waals surface area contributed by atoms with Crippen molar-refractivity contribution in [3.05, 3.63) is 94.5 Å². The fourth-order valence-corrected chi connectivity index (χ4v) is 4.64. The van der Waals surface area contributed by atoms with E-state index in [2.05, 4.69) is 10.5 Å². The second-order valence-electron chi connectivity index (χ2n) is 7.35. The molecule has 0 aliphatic carbocycles. The van der Waals surface area contributed by atoms with Gasteiger partial charge in [0, 0.05) is 25.8 Å². The van der Waals surface area contributed by atoms with Crippen LogP contribution in [0.1, 0.15) is 5.56 Å². The van der Waals surface area contributed by atoms with Crippen molar-refractivity contribution in [2.24, 2.45) is 5.10 Å². The molecule has 0 unspecified atom stereocenters. The predicted molar refractivity (Wildman–Crippen MR) is 131 cm³/mol. The highest BCUT2D eigenvalue weighted by molar-refractivity contribution is 7.93. The molecule has 0 fully saturated rings. The van der Waals surface area contributed by atoms with Crippen molar-refractivity contribution >= 4 is 39.2 Å². The van der Waals surface area contributed by atoms with E-state index >= 15 is 0 Å². The van der Waals surface area contributed by atoms with Crippen LogP contribution in [0.4, 0.5) is 17.1 Å². The van der Waals surface area contributed by atoms with Crippen molar-refractivity contribution in [1.82, 2.24) is 5.43 Å². The van der Waals surface area contributed by atoms with Crippen LogP contribution < -0.4 is 14.6 Å². The molecule has 0 bridgehead atoms. The summed E-state index contributed by atoms with van der Waals surface area (Å²) in [4.78, 5) is 24.6. The molecule has 0 heterocycles.